The molecule has 2 atom stereocenters. The van der Waals surface area contributed by atoms with E-state index in [4.69, 9.17) is 4.42 Å². The zero-order valence-corrected chi connectivity index (χ0v) is 19.0. The summed E-state index contributed by atoms with van der Waals surface area (Å²) in [7, 11) is 1.98. The van der Waals surface area contributed by atoms with Gasteiger partial charge in [-0.05, 0) is 82.0 Å². The molecule has 4 heteroatoms. The van der Waals surface area contributed by atoms with E-state index in [1.165, 1.54) is 31.4 Å². The maximum atomic E-state index is 13.3. The molecule has 0 N–H and O–H groups in total. The van der Waals surface area contributed by atoms with E-state index in [-0.39, 0.29) is 11.9 Å². The van der Waals surface area contributed by atoms with Crippen LogP contribution in [0.5, 0.6) is 0 Å². The fourth-order valence-corrected chi connectivity index (χ4v) is 5.33. The van der Waals surface area contributed by atoms with Crippen molar-refractivity contribution in [2.45, 2.75) is 51.5 Å². The van der Waals surface area contributed by atoms with E-state index in [1.54, 1.807) is 12.3 Å². The molecule has 2 unspecified atom stereocenters. The number of piperidine rings is 1. The quantitative estimate of drug-likeness (QED) is 0.567. The third-order valence-electron chi connectivity index (χ3n) is 7.27. The van der Waals surface area contributed by atoms with Crippen LogP contribution in [0.15, 0.2) is 59.2 Å². The standard InChI is InChI=1S/C27H36N2O2/c1-21-25(15-18-31-21)27(30)28(2)26(19-22-9-5-3-6-10-22)24-13-16-29(17-14-24)20-23-11-7-4-8-12-23/h3-7,9-10,15,18,23-24,26H,8,11-14,16-17,19-20H2,1-2H3. The number of hydrogen-bond donors (Lipinski definition) is 0. The molecule has 2 aliphatic rings. The average molecular weight is 421 g/mol. The van der Waals surface area contributed by atoms with Gasteiger partial charge in [0.1, 0.15) is 5.76 Å². The number of allylic oxidation sites excluding steroid dienone is 2. The lowest BCUT2D eigenvalue weighted by atomic mass is 9.84. The van der Waals surface area contributed by atoms with Crippen LogP contribution < -0.4 is 0 Å². The van der Waals surface area contributed by atoms with Crippen molar-refractivity contribution < 1.29 is 9.21 Å². The van der Waals surface area contributed by atoms with Crippen molar-refractivity contribution in [3.63, 3.8) is 0 Å². The third-order valence-corrected chi connectivity index (χ3v) is 7.27. The van der Waals surface area contributed by atoms with Gasteiger partial charge in [0.15, 0.2) is 0 Å². The fourth-order valence-electron chi connectivity index (χ4n) is 5.33. The van der Waals surface area contributed by atoms with Gasteiger partial charge in [0, 0.05) is 19.6 Å². The molecule has 2 heterocycles. The molecule has 1 aliphatic carbocycles. The Labute approximate surface area is 186 Å². The molecule has 166 valence electrons. The third kappa shape index (κ3) is 5.48. The Morgan fingerprint density at radius 2 is 1.90 bits per heavy atom. The lowest BCUT2D eigenvalue weighted by Gasteiger charge is -2.41. The Morgan fingerprint density at radius 1 is 1.13 bits per heavy atom. The number of likely N-dealkylation sites (tertiary alicyclic amines) is 1. The fraction of sp³-hybridized carbons (Fsp3) is 0.519. The van der Waals surface area contributed by atoms with Crippen molar-refractivity contribution in [1.82, 2.24) is 9.80 Å². The maximum Gasteiger partial charge on any atom is 0.257 e. The van der Waals surface area contributed by atoms with Crippen molar-refractivity contribution in [3.8, 4) is 0 Å². The van der Waals surface area contributed by atoms with E-state index in [9.17, 15) is 4.79 Å². The monoisotopic (exact) mass is 420 g/mol. The number of aryl methyl sites for hydroxylation is 1. The van der Waals surface area contributed by atoms with E-state index in [0.29, 0.717) is 17.2 Å². The number of likely N-dealkylation sites (N-methyl/N-ethyl adjacent to an activating group) is 1. The minimum absolute atomic E-state index is 0.0728. The van der Waals surface area contributed by atoms with Gasteiger partial charge in [-0.15, -0.1) is 0 Å². The Hall–Kier alpha value is -2.33. The van der Waals surface area contributed by atoms with Crippen LogP contribution in [0.2, 0.25) is 0 Å². The number of nitrogens with zero attached hydrogens (tertiary/aromatic N) is 2. The first kappa shape index (κ1) is 21.9. The molecule has 1 fully saturated rings. The molecule has 4 rings (SSSR count). The Kier molecular flexibility index (Phi) is 7.29. The van der Waals surface area contributed by atoms with Crippen LogP contribution >= 0.6 is 0 Å². The summed E-state index contributed by atoms with van der Waals surface area (Å²) in [6.45, 7) is 5.38. The summed E-state index contributed by atoms with van der Waals surface area (Å²) in [6.07, 6.45) is 13.3. The normalized spacial score (nSPS) is 21.2. The van der Waals surface area contributed by atoms with Gasteiger partial charge in [0.2, 0.25) is 0 Å². The highest BCUT2D eigenvalue weighted by atomic mass is 16.3. The zero-order chi connectivity index (χ0) is 21.6. The number of carbonyl (C=O) groups excluding carboxylic acids is 1. The van der Waals surface area contributed by atoms with Crippen LogP contribution in [0, 0.1) is 18.8 Å². The summed E-state index contributed by atoms with van der Waals surface area (Å²) in [5, 5.41) is 0. The Morgan fingerprint density at radius 3 is 2.55 bits per heavy atom. The zero-order valence-electron chi connectivity index (χ0n) is 19.0. The van der Waals surface area contributed by atoms with Crippen LogP contribution in [0.3, 0.4) is 0 Å². The minimum atomic E-state index is 0.0728. The molecule has 0 radical (unpaired) electrons. The number of hydrogen-bond acceptors (Lipinski definition) is 3. The lowest BCUT2D eigenvalue weighted by Crippen LogP contribution is -2.48. The van der Waals surface area contributed by atoms with Crippen molar-refractivity contribution in [2.24, 2.45) is 11.8 Å². The summed E-state index contributed by atoms with van der Waals surface area (Å²) in [5.74, 6) is 2.11. The molecule has 4 nitrogen and oxygen atoms in total. The summed E-state index contributed by atoms with van der Waals surface area (Å²) in [5.41, 5.74) is 1.98. The molecule has 1 saturated heterocycles. The molecular weight excluding hydrogens is 384 g/mol. The number of amides is 1. The van der Waals surface area contributed by atoms with E-state index >= 15 is 0 Å². The van der Waals surface area contributed by atoms with E-state index < -0.39 is 0 Å². The topological polar surface area (TPSA) is 36.7 Å². The SMILES string of the molecule is Cc1occc1C(=O)N(C)C(Cc1ccccc1)C1CCN(CC2CC=CCC2)CC1. The Balaban J connectivity index is 1.43. The Bertz CT molecular complexity index is 864. The van der Waals surface area contributed by atoms with E-state index in [2.05, 4.69) is 47.4 Å². The van der Waals surface area contributed by atoms with E-state index in [1.807, 2.05) is 18.9 Å². The van der Waals surface area contributed by atoms with Crippen LogP contribution in [0.25, 0.3) is 0 Å². The molecule has 1 amide bonds. The second kappa shape index (κ2) is 10.3. The summed E-state index contributed by atoms with van der Waals surface area (Å²) >= 11 is 0. The van der Waals surface area contributed by atoms with Gasteiger partial charge in [-0.2, -0.15) is 0 Å². The van der Waals surface area contributed by atoms with Crippen LogP contribution in [-0.4, -0.2) is 48.4 Å². The van der Waals surface area contributed by atoms with Crippen LogP contribution in [0.4, 0.5) is 0 Å². The first-order valence-electron chi connectivity index (χ1n) is 11.8. The smallest absolute Gasteiger partial charge is 0.257 e. The summed E-state index contributed by atoms with van der Waals surface area (Å²) < 4.78 is 5.41. The van der Waals surface area contributed by atoms with Crippen molar-refractivity contribution in [2.75, 3.05) is 26.7 Å². The van der Waals surface area contributed by atoms with Gasteiger partial charge in [-0.25, -0.2) is 0 Å². The van der Waals surface area contributed by atoms with Gasteiger partial charge < -0.3 is 14.2 Å². The average Bonchev–Trinajstić information content (AvgIpc) is 3.24. The highest BCUT2D eigenvalue weighted by Crippen LogP contribution is 2.29. The highest BCUT2D eigenvalue weighted by Gasteiger charge is 2.33. The molecule has 0 bridgehead atoms. The number of furan rings is 1. The first-order chi connectivity index (χ1) is 15.1. The molecule has 0 saturated carbocycles. The number of benzene rings is 1. The van der Waals surface area contributed by atoms with Crippen molar-refractivity contribution in [3.05, 3.63) is 71.7 Å². The number of rotatable bonds is 7. The minimum Gasteiger partial charge on any atom is -0.469 e. The van der Waals surface area contributed by atoms with E-state index in [0.717, 1.165) is 38.3 Å². The second-order valence-electron chi connectivity index (χ2n) is 9.35. The molecule has 0 spiro atoms. The van der Waals surface area contributed by atoms with Gasteiger partial charge in [-0.3, -0.25) is 4.79 Å². The van der Waals surface area contributed by atoms with Crippen molar-refractivity contribution in [1.29, 1.82) is 0 Å². The molecule has 2 aromatic rings. The van der Waals surface area contributed by atoms with Gasteiger partial charge >= 0.3 is 0 Å². The predicted molar refractivity (Wildman–Crippen MR) is 125 cm³/mol. The lowest BCUT2D eigenvalue weighted by molar-refractivity contribution is 0.0574. The summed E-state index contributed by atoms with van der Waals surface area (Å²) in [6, 6.07) is 12.6. The van der Waals surface area contributed by atoms with Gasteiger partial charge in [0.05, 0.1) is 11.8 Å². The highest BCUT2D eigenvalue weighted by molar-refractivity contribution is 5.95. The molecule has 1 aromatic carbocycles. The molecule has 31 heavy (non-hydrogen) atoms. The van der Waals surface area contributed by atoms with Crippen LogP contribution in [-0.2, 0) is 6.42 Å². The van der Waals surface area contributed by atoms with Gasteiger partial charge in [0.25, 0.3) is 5.91 Å². The summed E-state index contributed by atoms with van der Waals surface area (Å²) in [4.78, 5) is 17.9. The van der Waals surface area contributed by atoms with Crippen LogP contribution in [0.1, 0.15) is 53.8 Å². The largest absolute Gasteiger partial charge is 0.469 e. The first-order valence-corrected chi connectivity index (χ1v) is 11.8. The second-order valence-corrected chi connectivity index (χ2v) is 9.35. The molecule has 1 aliphatic heterocycles. The predicted octanol–water partition coefficient (Wildman–Crippen LogP) is 5.34. The maximum absolute atomic E-state index is 13.3. The molecular formula is C27H36N2O2. The van der Waals surface area contributed by atoms with Crippen molar-refractivity contribution >= 4 is 5.91 Å². The van der Waals surface area contributed by atoms with Gasteiger partial charge in [-0.1, -0.05) is 42.5 Å². The molecule has 1 aromatic heterocycles. The number of carbonyl (C=O) groups is 1.